The van der Waals surface area contributed by atoms with Crippen LogP contribution in [0.25, 0.3) is 6.08 Å². The van der Waals surface area contributed by atoms with E-state index in [1.54, 1.807) is 6.08 Å². The number of nitrogens with two attached hydrogens (primary N) is 1. The van der Waals surface area contributed by atoms with Gasteiger partial charge in [-0.3, -0.25) is 0 Å². The van der Waals surface area contributed by atoms with Crippen molar-refractivity contribution in [2.24, 2.45) is 5.73 Å². The quantitative estimate of drug-likeness (QED) is 0.303. The molecule has 0 aliphatic rings. The van der Waals surface area contributed by atoms with Crippen LogP contribution in [0.1, 0.15) is 95.1 Å². The summed E-state index contributed by atoms with van der Waals surface area (Å²) in [5, 5.41) is 18.4. The lowest BCUT2D eigenvalue weighted by atomic mass is 10.00. The lowest BCUT2D eigenvalue weighted by molar-refractivity contribution is 0.152. The molecule has 1 rings (SSSR count). The summed E-state index contributed by atoms with van der Waals surface area (Å²) in [6.45, 7) is 1.74. The normalized spacial score (nSPS) is 12.1. The molecule has 0 atom stereocenters. The molecule has 28 heavy (non-hydrogen) atoms. The third-order valence-corrected chi connectivity index (χ3v) is 5.50. The average molecular weight is 390 g/mol. The van der Waals surface area contributed by atoms with Gasteiger partial charge < -0.3 is 15.9 Å². The summed E-state index contributed by atoms with van der Waals surface area (Å²) in [5.41, 5.74) is 7.20. The number of aliphatic hydroxyl groups is 2. The highest BCUT2D eigenvalue weighted by molar-refractivity contribution is 5.51. The first-order chi connectivity index (χ1) is 13.6. The molecule has 0 aliphatic heterocycles. The van der Waals surface area contributed by atoms with Crippen molar-refractivity contribution < 1.29 is 10.2 Å². The van der Waals surface area contributed by atoms with E-state index < -0.39 is 5.54 Å². The predicted molar refractivity (Wildman–Crippen MR) is 121 cm³/mol. The molecule has 160 valence electrons. The number of benzene rings is 1. The van der Waals surface area contributed by atoms with Gasteiger partial charge in [0.05, 0.1) is 18.8 Å². The van der Waals surface area contributed by atoms with Gasteiger partial charge in [-0.1, -0.05) is 114 Å². The van der Waals surface area contributed by atoms with Crippen molar-refractivity contribution >= 4 is 6.08 Å². The van der Waals surface area contributed by atoms with Crippen molar-refractivity contribution in [2.45, 2.75) is 95.9 Å². The van der Waals surface area contributed by atoms with Gasteiger partial charge in [0, 0.05) is 0 Å². The van der Waals surface area contributed by atoms with Gasteiger partial charge in [0.15, 0.2) is 0 Å². The summed E-state index contributed by atoms with van der Waals surface area (Å²) in [4.78, 5) is 0. The fraction of sp³-hybridized carbons (Fsp3) is 0.680. The van der Waals surface area contributed by atoms with E-state index in [2.05, 4.69) is 31.2 Å². The third-order valence-electron chi connectivity index (χ3n) is 5.50. The molecule has 0 saturated heterocycles. The second kappa shape index (κ2) is 15.7. The van der Waals surface area contributed by atoms with Gasteiger partial charge in [-0.25, -0.2) is 0 Å². The van der Waals surface area contributed by atoms with Crippen LogP contribution in [0.4, 0.5) is 0 Å². The zero-order chi connectivity index (χ0) is 20.5. The summed E-state index contributed by atoms with van der Waals surface area (Å²) < 4.78 is 0. The van der Waals surface area contributed by atoms with Gasteiger partial charge in [0.1, 0.15) is 0 Å². The smallest absolute Gasteiger partial charge is 0.0811 e. The van der Waals surface area contributed by atoms with Crippen LogP contribution in [0.2, 0.25) is 0 Å². The lowest BCUT2D eigenvalue weighted by Gasteiger charge is -2.19. The molecule has 1 aromatic rings. The van der Waals surface area contributed by atoms with Crippen molar-refractivity contribution in [3.63, 3.8) is 0 Å². The Morgan fingerprint density at radius 2 is 1.21 bits per heavy atom. The van der Waals surface area contributed by atoms with Gasteiger partial charge in [0.2, 0.25) is 0 Å². The fourth-order valence-corrected chi connectivity index (χ4v) is 3.38. The number of aliphatic hydroxyl groups excluding tert-OH is 2. The molecule has 3 nitrogen and oxygen atoms in total. The second-order valence-corrected chi connectivity index (χ2v) is 8.26. The Balaban J connectivity index is 2.08. The molecule has 0 fully saturated rings. The maximum Gasteiger partial charge on any atom is 0.0811 e. The Bertz CT molecular complexity index is 506. The van der Waals surface area contributed by atoms with Crippen molar-refractivity contribution in [1.82, 2.24) is 0 Å². The maximum absolute atomic E-state index is 9.21. The third kappa shape index (κ3) is 11.6. The number of hydrogen-bond acceptors (Lipinski definition) is 3. The van der Waals surface area contributed by atoms with Gasteiger partial charge in [-0.15, -0.1) is 0 Å². The molecule has 0 aliphatic carbocycles. The highest BCUT2D eigenvalue weighted by Gasteiger charge is 2.18. The van der Waals surface area contributed by atoms with Crippen molar-refractivity contribution in [3.05, 3.63) is 41.5 Å². The molecule has 0 amide bonds. The minimum atomic E-state index is -1.05. The first-order valence-electron chi connectivity index (χ1n) is 11.4. The van der Waals surface area contributed by atoms with E-state index in [-0.39, 0.29) is 13.2 Å². The standard InChI is InChI=1S/C25H43NO2/c1-2-3-4-5-6-7-8-9-10-11-12-13-14-23-15-17-24(18-16-23)19-20-25(26,21-27)22-28/h15-20,27-28H,2-14,21-22,26H2,1H3/b20-19+. The second-order valence-electron chi connectivity index (χ2n) is 8.26. The van der Waals surface area contributed by atoms with E-state index in [1.165, 1.54) is 82.6 Å². The van der Waals surface area contributed by atoms with E-state index in [0.717, 1.165) is 12.0 Å². The van der Waals surface area contributed by atoms with Gasteiger partial charge in [-0.05, 0) is 24.0 Å². The van der Waals surface area contributed by atoms with E-state index in [4.69, 9.17) is 5.73 Å². The molecule has 4 N–H and O–H groups in total. The highest BCUT2D eigenvalue weighted by atomic mass is 16.3. The molecular formula is C25H43NO2. The topological polar surface area (TPSA) is 66.5 Å². The largest absolute Gasteiger partial charge is 0.394 e. The maximum atomic E-state index is 9.21. The Kier molecular flexibility index (Phi) is 14.0. The molecule has 0 heterocycles. The first kappa shape index (κ1) is 24.9. The van der Waals surface area contributed by atoms with Crippen LogP contribution in [0.15, 0.2) is 30.3 Å². The Hall–Kier alpha value is -1.16. The Morgan fingerprint density at radius 3 is 1.68 bits per heavy atom. The molecule has 1 aromatic carbocycles. The van der Waals surface area contributed by atoms with Gasteiger partial charge >= 0.3 is 0 Å². The molecule has 0 aromatic heterocycles. The van der Waals surface area contributed by atoms with Crippen LogP contribution >= 0.6 is 0 Å². The van der Waals surface area contributed by atoms with Crippen molar-refractivity contribution in [1.29, 1.82) is 0 Å². The zero-order valence-corrected chi connectivity index (χ0v) is 18.0. The van der Waals surface area contributed by atoms with E-state index in [0.29, 0.717) is 0 Å². The van der Waals surface area contributed by atoms with Crippen LogP contribution in [-0.2, 0) is 6.42 Å². The molecular weight excluding hydrogens is 346 g/mol. The number of hydrogen-bond donors (Lipinski definition) is 3. The summed E-state index contributed by atoms with van der Waals surface area (Å²) in [5.74, 6) is 0. The molecule has 0 saturated carbocycles. The molecule has 0 bridgehead atoms. The monoisotopic (exact) mass is 389 g/mol. The first-order valence-corrected chi connectivity index (χ1v) is 11.4. The van der Waals surface area contributed by atoms with Crippen LogP contribution in [-0.4, -0.2) is 29.0 Å². The Labute approximate surface area is 173 Å². The zero-order valence-electron chi connectivity index (χ0n) is 18.0. The predicted octanol–water partition coefficient (Wildman–Crippen LogP) is 5.63. The molecule has 0 unspecified atom stereocenters. The molecule has 0 spiro atoms. The fourth-order valence-electron chi connectivity index (χ4n) is 3.38. The number of aryl methyl sites for hydroxylation is 1. The van der Waals surface area contributed by atoms with E-state index >= 15 is 0 Å². The SMILES string of the molecule is CCCCCCCCCCCCCCc1ccc(/C=C/C(N)(CO)CO)cc1. The molecule has 3 heteroatoms. The highest BCUT2D eigenvalue weighted by Crippen LogP contribution is 2.14. The van der Waals surface area contributed by atoms with E-state index in [9.17, 15) is 10.2 Å². The van der Waals surface area contributed by atoms with Gasteiger partial charge in [-0.2, -0.15) is 0 Å². The lowest BCUT2D eigenvalue weighted by Crippen LogP contribution is -2.45. The molecule has 0 radical (unpaired) electrons. The summed E-state index contributed by atoms with van der Waals surface area (Å²) in [6, 6.07) is 8.46. The van der Waals surface area contributed by atoms with Gasteiger partial charge in [0.25, 0.3) is 0 Å². The average Bonchev–Trinajstić information content (AvgIpc) is 2.73. The van der Waals surface area contributed by atoms with Crippen LogP contribution < -0.4 is 5.73 Å². The number of unbranched alkanes of at least 4 members (excludes halogenated alkanes) is 11. The van der Waals surface area contributed by atoms with E-state index in [1.807, 2.05) is 6.08 Å². The summed E-state index contributed by atoms with van der Waals surface area (Å²) in [7, 11) is 0. The minimum Gasteiger partial charge on any atom is -0.394 e. The van der Waals surface area contributed by atoms with Crippen LogP contribution in [0.5, 0.6) is 0 Å². The van der Waals surface area contributed by atoms with Crippen molar-refractivity contribution in [2.75, 3.05) is 13.2 Å². The Morgan fingerprint density at radius 1 is 0.750 bits per heavy atom. The summed E-state index contributed by atoms with van der Waals surface area (Å²) in [6.07, 6.45) is 21.3. The van der Waals surface area contributed by atoms with Crippen molar-refractivity contribution in [3.8, 4) is 0 Å². The minimum absolute atomic E-state index is 0.267. The summed E-state index contributed by atoms with van der Waals surface area (Å²) >= 11 is 0. The van der Waals surface area contributed by atoms with Crippen LogP contribution in [0, 0.1) is 0 Å². The number of rotatable bonds is 17. The van der Waals surface area contributed by atoms with Crippen LogP contribution in [0.3, 0.4) is 0 Å².